The Morgan fingerprint density at radius 3 is 2.18 bits per heavy atom. The predicted molar refractivity (Wildman–Crippen MR) is 106 cm³/mol. The number of nitrogens with one attached hydrogen (secondary N) is 1. The monoisotopic (exact) mass is 440 g/mol. The van der Waals surface area contributed by atoms with Crippen LogP contribution in [0.5, 0.6) is 0 Å². The van der Waals surface area contributed by atoms with Crippen LogP contribution >= 0.6 is 11.3 Å². The Labute approximate surface area is 167 Å². The molecule has 0 radical (unpaired) electrons. The van der Waals surface area contributed by atoms with Crippen molar-refractivity contribution in [3.05, 3.63) is 65.3 Å². The summed E-state index contributed by atoms with van der Waals surface area (Å²) in [7, 11) is -7.21. The standard InChI is InChI=1S/C18H17FN2O4S3/c1-12(13-5-9-16(10-6-13)27(2,22)23)21-28(24,25)17-11-26-18(20-17)14-3-7-15(19)8-4-14/h3-12,21H,1-2H3/t12-/m0/s1. The molecule has 3 rings (SSSR count). The first-order valence-electron chi connectivity index (χ1n) is 8.10. The topological polar surface area (TPSA) is 93.2 Å². The number of nitrogens with zero attached hydrogens (tertiary/aromatic N) is 1. The molecule has 0 unspecified atom stereocenters. The van der Waals surface area contributed by atoms with Gasteiger partial charge < -0.3 is 0 Å². The minimum atomic E-state index is -3.88. The van der Waals surface area contributed by atoms with Crippen molar-refractivity contribution in [1.82, 2.24) is 9.71 Å². The van der Waals surface area contributed by atoms with Crippen LogP contribution in [-0.2, 0) is 19.9 Å². The Kier molecular flexibility index (Phi) is 5.67. The van der Waals surface area contributed by atoms with Gasteiger partial charge in [0.1, 0.15) is 10.8 Å². The van der Waals surface area contributed by atoms with Crippen LogP contribution in [0.2, 0.25) is 0 Å². The first-order chi connectivity index (χ1) is 13.1. The van der Waals surface area contributed by atoms with E-state index in [9.17, 15) is 21.2 Å². The number of sulfone groups is 1. The largest absolute Gasteiger partial charge is 0.259 e. The highest BCUT2D eigenvalue weighted by Crippen LogP contribution is 2.26. The highest BCUT2D eigenvalue weighted by atomic mass is 32.2. The molecule has 0 aliphatic rings. The zero-order chi connectivity index (χ0) is 20.5. The van der Waals surface area contributed by atoms with Gasteiger partial charge in [0, 0.05) is 23.2 Å². The van der Waals surface area contributed by atoms with Crippen LogP contribution in [-0.4, -0.2) is 28.1 Å². The van der Waals surface area contributed by atoms with E-state index in [1.54, 1.807) is 19.1 Å². The fourth-order valence-corrected chi connectivity index (χ4v) is 5.43. The average molecular weight is 441 g/mol. The summed E-state index contributed by atoms with van der Waals surface area (Å²) in [4.78, 5) is 4.30. The molecule has 0 spiro atoms. The molecule has 3 aromatic rings. The van der Waals surface area contributed by atoms with Crippen LogP contribution in [0.1, 0.15) is 18.5 Å². The molecule has 0 amide bonds. The van der Waals surface area contributed by atoms with Crippen molar-refractivity contribution in [2.24, 2.45) is 0 Å². The van der Waals surface area contributed by atoms with Crippen molar-refractivity contribution in [1.29, 1.82) is 0 Å². The molecule has 6 nitrogen and oxygen atoms in total. The summed E-state index contributed by atoms with van der Waals surface area (Å²) >= 11 is 1.14. The third-order valence-corrected chi connectivity index (χ3v) is 7.58. The summed E-state index contributed by atoms with van der Waals surface area (Å²) in [5.41, 5.74) is 1.24. The van der Waals surface area contributed by atoms with E-state index in [4.69, 9.17) is 0 Å². The van der Waals surface area contributed by atoms with Gasteiger partial charge in [0.05, 0.1) is 4.90 Å². The number of hydrogen-bond donors (Lipinski definition) is 1. The Morgan fingerprint density at radius 2 is 1.61 bits per heavy atom. The third kappa shape index (κ3) is 4.64. The lowest BCUT2D eigenvalue weighted by Crippen LogP contribution is -2.27. The second-order valence-electron chi connectivity index (χ2n) is 6.18. The normalized spacial score (nSPS) is 13.4. The highest BCUT2D eigenvalue weighted by Gasteiger charge is 2.22. The second kappa shape index (κ2) is 7.70. The maximum absolute atomic E-state index is 13.0. The average Bonchev–Trinajstić information content (AvgIpc) is 3.12. The van der Waals surface area contributed by atoms with Gasteiger partial charge in [-0.3, -0.25) is 0 Å². The van der Waals surface area contributed by atoms with Crippen molar-refractivity contribution in [3.8, 4) is 10.6 Å². The first kappa shape index (κ1) is 20.6. The van der Waals surface area contributed by atoms with E-state index in [1.165, 1.54) is 41.8 Å². The van der Waals surface area contributed by atoms with Gasteiger partial charge in [-0.15, -0.1) is 11.3 Å². The van der Waals surface area contributed by atoms with E-state index in [1.807, 2.05) is 0 Å². The minimum Gasteiger partial charge on any atom is -0.224 e. The van der Waals surface area contributed by atoms with E-state index >= 15 is 0 Å². The lowest BCUT2D eigenvalue weighted by atomic mass is 10.1. The van der Waals surface area contributed by atoms with Gasteiger partial charge in [-0.25, -0.2) is 30.9 Å². The molecule has 0 aliphatic heterocycles. The molecule has 1 heterocycles. The summed E-state index contributed by atoms with van der Waals surface area (Å²) in [6.45, 7) is 1.65. The highest BCUT2D eigenvalue weighted by molar-refractivity contribution is 7.90. The second-order valence-corrected chi connectivity index (χ2v) is 10.7. The SMILES string of the molecule is C[C@H](NS(=O)(=O)c1csc(-c2ccc(F)cc2)n1)c1ccc(S(C)(=O)=O)cc1. The van der Waals surface area contributed by atoms with E-state index in [0.29, 0.717) is 16.1 Å². The van der Waals surface area contributed by atoms with Crippen LogP contribution in [0.3, 0.4) is 0 Å². The zero-order valence-electron chi connectivity index (χ0n) is 15.0. The lowest BCUT2D eigenvalue weighted by molar-refractivity contribution is 0.563. The van der Waals surface area contributed by atoms with Gasteiger partial charge in [-0.05, 0) is 48.9 Å². The molecular weight excluding hydrogens is 423 g/mol. The summed E-state index contributed by atoms with van der Waals surface area (Å²) in [6.07, 6.45) is 1.11. The fourth-order valence-electron chi connectivity index (χ4n) is 2.47. The van der Waals surface area contributed by atoms with Crippen LogP contribution < -0.4 is 4.72 Å². The third-order valence-electron chi connectivity index (χ3n) is 3.99. The van der Waals surface area contributed by atoms with Crippen LogP contribution in [0.25, 0.3) is 10.6 Å². The molecule has 1 aromatic heterocycles. The maximum atomic E-state index is 13.0. The molecule has 28 heavy (non-hydrogen) atoms. The van der Waals surface area contributed by atoms with Crippen LogP contribution in [0, 0.1) is 5.82 Å². The molecule has 10 heteroatoms. The smallest absolute Gasteiger partial charge is 0.224 e. The van der Waals surface area contributed by atoms with Gasteiger partial charge in [0.25, 0.3) is 10.0 Å². The molecular formula is C18H17FN2O4S3. The summed E-state index contributed by atoms with van der Waals surface area (Å²) < 4.78 is 63.9. The molecule has 1 atom stereocenters. The molecule has 0 fully saturated rings. The molecule has 1 N–H and O–H groups in total. The first-order valence-corrected chi connectivity index (χ1v) is 12.4. The Hall–Kier alpha value is -2.14. The van der Waals surface area contributed by atoms with Crippen molar-refractivity contribution in [2.45, 2.75) is 22.9 Å². The number of rotatable bonds is 6. The quantitative estimate of drug-likeness (QED) is 0.634. The number of hydrogen-bond acceptors (Lipinski definition) is 6. The number of thiazole rings is 1. The summed E-state index contributed by atoms with van der Waals surface area (Å²) in [5, 5.41) is 1.75. The van der Waals surface area contributed by atoms with Crippen molar-refractivity contribution >= 4 is 31.2 Å². The predicted octanol–water partition coefficient (Wildman–Crippen LogP) is 3.39. The molecule has 0 bridgehead atoms. The Balaban J connectivity index is 1.79. The van der Waals surface area contributed by atoms with E-state index in [-0.39, 0.29) is 15.7 Å². The van der Waals surface area contributed by atoms with E-state index < -0.39 is 25.9 Å². The van der Waals surface area contributed by atoms with Crippen LogP contribution in [0.4, 0.5) is 4.39 Å². The minimum absolute atomic E-state index is 0.128. The lowest BCUT2D eigenvalue weighted by Gasteiger charge is -2.14. The summed E-state index contributed by atoms with van der Waals surface area (Å²) in [6, 6.07) is 11.0. The number of benzene rings is 2. The van der Waals surface area contributed by atoms with Crippen LogP contribution in [0.15, 0.2) is 63.8 Å². The van der Waals surface area contributed by atoms with Gasteiger partial charge in [0.15, 0.2) is 14.9 Å². The molecule has 0 saturated carbocycles. The van der Waals surface area contributed by atoms with Crippen molar-refractivity contribution < 1.29 is 21.2 Å². The molecule has 148 valence electrons. The summed E-state index contributed by atoms with van der Waals surface area (Å²) in [5.74, 6) is -0.384. The number of aromatic nitrogens is 1. The van der Waals surface area contributed by atoms with Gasteiger partial charge in [-0.1, -0.05) is 12.1 Å². The van der Waals surface area contributed by atoms with Crippen molar-refractivity contribution in [2.75, 3.05) is 6.26 Å². The number of sulfonamides is 1. The Morgan fingerprint density at radius 1 is 1.00 bits per heavy atom. The van der Waals surface area contributed by atoms with Gasteiger partial charge in [-0.2, -0.15) is 0 Å². The van der Waals surface area contributed by atoms with Gasteiger partial charge >= 0.3 is 0 Å². The van der Waals surface area contributed by atoms with E-state index in [2.05, 4.69) is 9.71 Å². The maximum Gasteiger partial charge on any atom is 0.259 e. The van der Waals surface area contributed by atoms with E-state index in [0.717, 1.165) is 17.6 Å². The van der Waals surface area contributed by atoms with Crippen molar-refractivity contribution in [3.63, 3.8) is 0 Å². The Bertz CT molecular complexity index is 1190. The molecule has 0 aliphatic carbocycles. The molecule has 2 aromatic carbocycles. The fraction of sp³-hybridized carbons (Fsp3) is 0.167. The zero-order valence-corrected chi connectivity index (χ0v) is 17.4. The number of halogens is 1. The molecule has 0 saturated heterocycles. The van der Waals surface area contributed by atoms with Gasteiger partial charge in [0.2, 0.25) is 0 Å².